The standard InChI is InChI=1S/C22H20O7S2/c1-27-16-8-5-14(6-9-16)4-7-15(23)13-31(25,26)21-12-18-19(29-3)10-17(28-2)11-20(18)30-22(21)24/h4-12H,13H2,1-3H3/b7-4+. The molecule has 0 spiro atoms. The lowest BCUT2D eigenvalue weighted by molar-refractivity contribution is -0.112. The van der Waals surface area contributed by atoms with Crippen LogP contribution in [-0.4, -0.2) is 41.3 Å². The van der Waals surface area contributed by atoms with Crippen molar-refractivity contribution < 1.29 is 27.4 Å². The van der Waals surface area contributed by atoms with Crippen molar-refractivity contribution in [1.29, 1.82) is 0 Å². The lowest BCUT2D eigenvalue weighted by Crippen LogP contribution is -2.20. The molecule has 2 aromatic carbocycles. The average molecular weight is 461 g/mol. The summed E-state index contributed by atoms with van der Waals surface area (Å²) in [6.45, 7) is 0. The van der Waals surface area contributed by atoms with E-state index in [0.717, 1.165) is 11.3 Å². The Kier molecular flexibility index (Phi) is 6.77. The van der Waals surface area contributed by atoms with E-state index in [4.69, 9.17) is 14.2 Å². The molecule has 0 N–H and O–H groups in total. The molecule has 0 aliphatic rings. The molecule has 0 saturated carbocycles. The van der Waals surface area contributed by atoms with Crippen molar-refractivity contribution in [3.63, 3.8) is 0 Å². The summed E-state index contributed by atoms with van der Waals surface area (Å²) in [6.07, 6.45) is 2.69. The maximum atomic E-state index is 12.8. The van der Waals surface area contributed by atoms with Crippen LogP contribution >= 0.6 is 11.3 Å². The first-order valence-electron chi connectivity index (χ1n) is 9.05. The molecule has 9 heteroatoms. The summed E-state index contributed by atoms with van der Waals surface area (Å²) in [5, 5.41) is 0.452. The van der Waals surface area contributed by atoms with Crippen LogP contribution in [0.5, 0.6) is 17.2 Å². The van der Waals surface area contributed by atoms with E-state index in [9.17, 15) is 18.0 Å². The number of fused-ring (bicyclic) bond motifs is 1. The van der Waals surface area contributed by atoms with E-state index in [1.54, 1.807) is 43.5 Å². The third kappa shape index (κ3) is 5.12. The Balaban J connectivity index is 1.89. The minimum Gasteiger partial charge on any atom is -0.497 e. The minimum absolute atomic E-state index is 0.368. The van der Waals surface area contributed by atoms with Crippen molar-refractivity contribution in [2.75, 3.05) is 27.1 Å². The van der Waals surface area contributed by atoms with Crippen LogP contribution < -0.4 is 19.0 Å². The fourth-order valence-corrected chi connectivity index (χ4v) is 5.35. The van der Waals surface area contributed by atoms with E-state index in [1.165, 1.54) is 32.4 Å². The number of allylic oxidation sites excluding steroid dienone is 1. The third-order valence-corrected chi connectivity index (χ3v) is 7.19. The molecule has 0 unspecified atom stereocenters. The Bertz CT molecular complexity index is 1300. The second kappa shape index (κ2) is 9.32. The minimum atomic E-state index is -4.15. The van der Waals surface area contributed by atoms with Crippen molar-refractivity contribution in [1.82, 2.24) is 0 Å². The number of ketones is 1. The van der Waals surface area contributed by atoms with Gasteiger partial charge in [0.1, 0.15) is 27.9 Å². The topological polar surface area (TPSA) is 96.0 Å². The van der Waals surface area contributed by atoms with E-state index in [2.05, 4.69) is 0 Å². The van der Waals surface area contributed by atoms with Gasteiger partial charge in [0.25, 0.3) is 4.74 Å². The number of hydrogen-bond acceptors (Lipinski definition) is 8. The Morgan fingerprint density at radius 2 is 1.65 bits per heavy atom. The zero-order valence-electron chi connectivity index (χ0n) is 17.1. The third-order valence-electron chi connectivity index (χ3n) is 4.46. The van der Waals surface area contributed by atoms with Crippen molar-refractivity contribution >= 4 is 43.1 Å². The lowest BCUT2D eigenvalue weighted by Gasteiger charge is -2.09. The van der Waals surface area contributed by atoms with E-state index in [0.29, 0.717) is 32.9 Å². The molecule has 0 amide bonds. The van der Waals surface area contributed by atoms with Gasteiger partial charge in [0.05, 0.1) is 21.3 Å². The predicted molar refractivity (Wildman–Crippen MR) is 120 cm³/mol. The van der Waals surface area contributed by atoms with Crippen LogP contribution in [0.25, 0.3) is 16.2 Å². The average Bonchev–Trinajstić information content (AvgIpc) is 2.76. The molecule has 0 radical (unpaired) electrons. The molecule has 0 aliphatic heterocycles. The van der Waals surface area contributed by atoms with Gasteiger partial charge in [-0.25, -0.2) is 8.42 Å². The zero-order valence-corrected chi connectivity index (χ0v) is 18.7. The molecule has 0 fully saturated rings. The van der Waals surface area contributed by atoms with Crippen LogP contribution in [0.1, 0.15) is 5.56 Å². The van der Waals surface area contributed by atoms with Gasteiger partial charge in [0.15, 0.2) is 15.6 Å². The van der Waals surface area contributed by atoms with Crippen LogP contribution in [-0.2, 0) is 14.6 Å². The molecule has 7 nitrogen and oxygen atoms in total. The summed E-state index contributed by atoms with van der Waals surface area (Å²) in [7, 11) is 0.313. The molecule has 0 saturated heterocycles. The van der Waals surface area contributed by atoms with Gasteiger partial charge in [-0.05, 0) is 35.9 Å². The van der Waals surface area contributed by atoms with Gasteiger partial charge >= 0.3 is 0 Å². The maximum absolute atomic E-state index is 12.8. The molecule has 0 aliphatic carbocycles. The lowest BCUT2D eigenvalue weighted by atomic mass is 10.2. The van der Waals surface area contributed by atoms with Gasteiger partial charge in [0.2, 0.25) is 0 Å². The SMILES string of the molecule is COc1ccc(/C=C/C(=O)CS(=O)(=O)c2cc3c(OC)cc(OC)cc3sc2=O)cc1. The molecule has 31 heavy (non-hydrogen) atoms. The van der Waals surface area contributed by atoms with Crippen molar-refractivity contribution in [2.24, 2.45) is 0 Å². The summed E-state index contributed by atoms with van der Waals surface area (Å²) in [5.74, 6) is 0.0647. The number of benzene rings is 2. The van der Waals surface area contributed by atoms with Gasteiger partial charge in [0, 0.05) is 16.2 Å². The van der Waals surface area contributed by atoms with E-state index < -0.39 is 31.0 Å². The zero-order chi connectivity index (χ0) is 22.6. The van der Waals surface area contributed by atoms with Crippen LogP contribution in [0.3, 0.4) is 0 Å². The maximum Gasteiger partial charge on any atom is 0.251 e. The molecule has 3 rings (SSSR count). The molecule has 0 bridgehead atoms. The number of carbonyl (C=O) groups excluding carboxylic acids is 1. The predicted octanol–water partition coefficient (Wildman–Crippen LogP) is 3.34. The molecule has 0 atom stereocenters. The Labute approximate surface area is 183 Å². The summed E-state index contributed by atoms with van der Waals surface area (Å²) in [6, 6.07) is 11.4. The Morgan fingerprint density at radius 1 is 0.968 bits per heavy atom. The number of sulfone groups is 1. The van der Waals surface area contributed by atoms with Gasteiger partial charge < -0.3 is 14.2 Å². The number of carbonyl (C=O) groups is 1. The highest BCUT2D eigenvalue weighted by molar-refractivity contribution is 7.92. The van der Waals surface area contributed by atoms with Crippen molar-refractivity contribution in [3.8, 4) is 17.2 Å². The van der Waals surface area contributed by atoms with Crippen LogP contribution in [0.4, 0.5) is 0 Å². The monoisotopic (exact) mass is 460 g/mol. The van der Waals surface area contributed by atoms with E-state index >= 15 is 0 Å². The fourth-order valence-electron chi connectivity index (χ4n) is 2.86. The van der Waals surface area contributed by atoms with Crippen molar-refractivity contribution in [2.45, 2.75) is 4.90 Å². The number of methoxy groups -OCH3 is 3. The van der Waals surface area contributed by atoms with Gasteiger partial charge in [-0.15, -0.1) is 0 Å². The van der Waals surface area contributed by atoms with Gasteiger partial charge in [-0.2, -0.15) is 0 Å². The van der Waals surface area contributed by atoms with E-state index in [1.807, 2.05) is 0 Å². The number of rotatable bonds is 8. The van der Waals surface area contributed by atoms with Crippen LogP contribution in [0, 0.1) is 0 Å². The number of ether oxygens (including phenoxy) is 3. The van der Waals surface area contributed by atoms with Crippen LogP contribution in [0.15, 0.2) is 58.2 Å². The van der Waals surface area contributed by atoms with Gasteiger partial charge in [-0.3, -0.25) is 9.59 Å². The Morgan fingerprint density at radius 3 is 2.26 bits per heavy atom. The highest BCUT2D eigenvalue weighted by Gasteiger charge is 2.23. The largest absolute Gasteiger partial charge is 0.497 e. The molecule has 162 valence electrons. The second-order valence-corrected chi connectivity index (χ2v) is 9.44. The second-order valence-electron chi connectivity index (χ2n) is 6.47. The Hall–Kier alpha value is -3.17. The first-order valence-corrected chi connectivity index (χ1v) is 11.5. The summed E-state index contributed by atoms with van der Waals surface area (Å²) >= 11 is 0.759. The molecular formula is C22H20O7S2. The summed E-state index contributed by atoms with van der Waals surface area (Å²) < 4.78 is 41.0. The van der Waals surface area contributed by atoms with Gasteiger partial charge in [-0.1, -0.05) is 29.5 Å². The van der Waals surface area contributed by atoms with Crippen molar-refractivity contribution in [3.05, 3.63) is 63.6 Å². The highest BCUT2D eigenvalue weighted by Crippen LogP contribution is 2.33. The first kappa shape index (κ1) is 22.5. The normalized spacial score (nSPS) is 11.6. The molecule has 3 aromatic rings. The molecular weight excluding hydrogens is 440 g/mol. The molecule has 1 heterocycles. The van der Waals surface area contributed by atoms with Crippen LogP contribution in [0.2, 0.25) is 0 Å². The van der Waals surface area contributed by atoms with E-state index in [-0.39, 0.29) is 0 Å². The first-order chi connectivity index (χ1) is 14.8. The number of hydrogen-bond donors (Lipinski definition) is 0. The summed E-state index contributed by atoms with van der Waals surface area (Å²) in [4.78, 5) is 24.4. The quantitative estimate of drug-likeness (QED) is 0.476. The summed E-state index contributed by atoms with van der Waals surface area (Å²) in [5.41, 5.74) is 0.711. The smallest absolute Gasteiger partial charge is 0.251 e. The highest BCUT2D eigenvalue weighted by atomic mass is 32.2. The fraction of sp³-hybridized carbons (Fsp3) is 0.182. The molecule has 1 aromatic heterocycles.